The maximum atomic E-state index is 14.0. The number of hydrogen-bond donors (Lipinski definition) is 1. The van der Waals surface area contributed by atoms with Crippen molar-refractivity contribution in [3.63, 3.8) is 0 Å². The van der Waals surface area contributed by atoms with E-state index in [0.29, 0.717) is 12.0 Å². The number of carbonyl (C=O) groups is 2. The zero-order valence-corrected chi connectivity index (χ0v) is 17.1. The van der Waals surface area contributed by atoms with Gasteiger partial charge in [-0.1, -0.05) is 39.0 Å². The molecule has 27 heavy (non-hydrogen) atoms. The van der Waals surface area contributed by atoms with Crippen LogP contribution in [0.15, 0.2) is 35.8 Å². The van der Waals surface area contributed by atoms with E-state index in [4.69, 9.17) is 23.8 Å². The van der Waals surface area contributed by atoms with Crippen molar-refractivity contribution in [3.05, 3.63) is 42.0 Å². The molecule has 0 aromatic heterocycles. The van der Waals surface area contributed by atoms with Crippen LogP contribution in [0.2, 0.25) is 0 Å². The van der Waals surface area contributed by atoms with Crippen LogP contribution in [-0.2, 0) is 15.1 Å². The number of anilines is 1. The largest absolute Gasteiger partial charge is 0.325 e. The van der Waals surface area contributed by atoms with Crippen LogP contribution in [-0.4, -0.2) is 22.2 Å². The number of fused-ring (bicyclic) bond motifs is 3. The standard InChI is InChI=1S/C21H21ClN2O2S/c1-5-20(4)14(22)9-12-17(25)21(20,23-10-27)11-7-6-8-13-15(11)16(18(26)24-13)19(12,2)3/h5-8,12,14,16H,1,9H2,2-4H3,(H,24,26)/t12-,14+,16+,20+,21?/m0/s1. The predicted molar refractivity (Wildman–Crippen MR) is 109 cm³/mol. The van der Waals surface area contributed by atoms with Crippen LogP contribution < -0.4 is 5.32 Å². The minimum absolute atomic E-state index is 0.0558. The first-order valence-corrected chi connectivity index (χ1v) is 9.86. The Kier molecular flexibility index (Phi) is 3.85. The highest BCUT2D eigenvalue weighted by Gasteiger charge is 2.69. The molecule has 0 saturated heterocycles. The van der Waals surface area contributed by atoms with E-state index in [1.165, 1.54) is 0 Å². The number of ketones is 1. The number of nitrogens with zero attached hydrogens (tertiary/aromatic N) is 1. The monoisotopic (exact) mass is 400 g/mol. The van der Waals surface area contributed by atoms with Crippen LogP contribution in [0.1, 0.15) is 44.2 Å². The van der Waals surface area contributed by atoms with Gasteiger partial charge in [0.1, 0.15) is 0 Å². The molecule has 2 aliphatic carbocycles. The van der Waals surface area contributed by atoms with Crippen LogP contribution in [0.3, 0.4) is 0 Å². The van der Waals surface area contributed by atoms with Gasteiger partial charge in [-0.3, -0.25) is 9.59 Å². The highest BCUT2D eigenvalue weighted by atomic mass is 35.5. The number of rotatable bonds is 2. The van der Waals surface area contributed by atoms with Crippen molar-refractivity contribution in [2.24, 2.45) is 21.7 Å². The zero-order chi connectivity index (χ0) is 19.8. The van der Waals surface area contributed by atoms with Crippen molar-refractivity contribution in [1.82, 2.24) is 0 Å². The summed E-state index contributed by atoms with van der Waals surface area (Å²) < 4.78 is 0. The van der Waals surface area contributed by atoms with E-state index < -0.39 is 28.2 Å². The molecule has 1 aromatic carbocycles. The van der Waals surface area contributed by atoms with E-state index in [0.717, 1.165) is 11.3 Å². The lowest BCUT2D eigenvalue weighted by Crippen LogP contribution is -2.60. The molecule has 0 radical (unpaired) electrons. The summed E-state index contributed by atoms with van der Waals surface area (Å²) in [6.45, 7) is 9.84. The van der Waals surface area contributed by atoms with Crippen LogP contribution in [0, 0.1) is 16.7 Å². The van der Waals surface area contributed by atoms with Gasteiger partial charge in [0.15, 0.2) is 11.3 Å². The minimum Gasteiger partial charge on any atom is -0.325 e. The Hall–Kier alpha value is -1.81. The van der Waals surface area contributed by atoms with Gasteiger partial charge < -0.3 is 5.32 Å². The fourth-order valence-corrected chi connectivity index (χ4v) is 6.06. The van der Waals surface area contributed by atoms with Crippen molar-refractivity contribution in [2.45, 2.75) is 44.0 Å². The van der Waals surface area contributed by atoms with E-state index in [2.05, 4.69) is 22.0 Å². The third-order valence-electron chi connectivity index (χ3n) is 7.13. The van der Waals surface area contributed by atoms with Crippen molar-refractivity contribution in [1.29, 1.82) is 0 Å². The molecule has 1 aromatic rings. The van der Waals surface area contributed by atoms with Gasteiger partial charge >= 0.3 is 0 Å². The number of amides is 1. The number of thiocarbonyl (C=S) groups is 1. The molecule has 1 saturated carbocycles. The maximum absolute atomic E-state index is 14.0. The summed E-state index contributed by atoms with van der Waals surface area (Å²) in [7, 11) is 0. The number of carbonyl (C=O) groups excluding carboxylic acids is 2. The lowest BCUT2D eigenvalue weighted by molar-refractivity contribution is -0.141. The molecule has 4 nitrogen and oxygen atoms in total. The van der Waals surface area contributed by atoms with Crippen molar-refractivity contribution < 1.29 is 9.59 Å². The average Bonchev–Trinajstić information content (AvgIpc) is 2.95. The Morgan fingerprint density at radius 3 is 2.70 bits per heavy atom. The molecule has 1 fully saturated rings. The summed E-state index contributed by atoms with van der Waals surface area (Å²) in [5.41, 5.74) is -0.566. The average molecular weight is 401 g/mol. The number of halogens is 1. The van der Waals surface area contributed by atoms with Gasteiger partial charge in [0.05, 0.1) is 11.1 Å². The first kappa shape index (κ1) is 18.5. The zero-order valence-electron chi connectivity index (χ0n) is 15.5. The molecule has 1 unspecified atom stereocenters. The van der Waals surface area contributed by atoms with Gasteiger partial charge in [0.2, 0.25) is 5.91 Å². The molecule has 2 bridgehead atoms. The second-order valence-corrected chi connectivity index (χ2v) is 9.24. The molecule has 140 valence electrons. The lowest BCUT2D eigenvalue weighted by atomic mass is 9.53. The summed E-state index contributed by atoms with van der Waals surface area (Å²) in [6.07, 6.45) is 2.17. The van der Waals surface area contributed by atoms with Crippen LogP contribution >= 0.6 is 23.8 Å². The fourth-order valence-electron chi connectivity index (χ4n) is 5.50. The number of Topliss-reactive ketones (excluding diaryl/α,β-unsaturated/α-hetero) is 1. The van der Waals surface area contributed by atoms with E-state index in [1.807, 2.05) is 39.0 Å². The quantitative estimate of drug-likeness (QED) is 0.345. The van der Waals surface area contributed by atoms with Crippen LogP contribution in [0.25, 0.3) is 0 Å². The molecule has 3 aliphatic rings. The van der Waals surface area contributed by atoms with Crippen molar-refractivity contribution in [2.75, 3.05) is 5.32 Å². The SMILES string of the molecule is C=C[C@]1(C)[C@H](Cl)C[C@H]2C(=O)C1(N=C=S)c1cccc3c1[C@H](C(=O)N3)C2(C)C. The maximum Gasteiger partial charge on any atom is 0.232 e. The number of isothiocyanates is 1. The fraction of sp³-hybridized carbons (Fsp3) is 0.476. The smallest absolute Gasteiger partial charge is 0.232 e. The van der Waals surface area contributed by atoms with Gasteiger partial charge in [0, 0.05) is 22.4 Å². The van der Waals surface area contributed by atoms with Crippen LogP contribution in [0.5, 0.6) is 0 Å². The molecule has 1 heterocycles. The second-order valence-electron chi connectivity index (χ2n) is 8.53. The molecule has 1 amide bonds. The molecule has 5 atom stereocenters. The third kappa shape index (κ3) is 1.95. The Balaban J connectivity index is 2.22. The van der Waals surface area contributed by atoms with Gasteiger partial charge in [-0.2, -0.15) is 0 Å². The Bertz CT molecular complexity index is 952. The van der Waals surface area contributed by atoms with E-state index in [-0.39, 0.29) is 17.1 Å². The highest BCUT2D eigenvalue weighted by molar-refractivity contribution is 7.78. The predicted octanol–water partition coefficient (Wildman–Crippen LogP) is 4.45. The van der Waals surface area contributed by atoms with E-state index in [9.17, 15) is 9.59 Å². The van der Waals surface area contributed by atoms with Gasteiger partial charge in [0.25, 0.3) is 0 Å². The summed E-state index contributed by atoms with van der Waals surface area (Å²) in [6, 6.07) is 5.57. The Labute approximate surface area is 169 Å². The number of benzene rings is 1. The topological polar surface area (TPSA) is 58.5 Å². The van der Waals surface area contributed by atoms with Gasteiger partial charge in [-0.25, -0.2) is 4.99 Å². The third-order valence-corrected chi connectivity index (χ3v) is 7.85. The van der Waals surface area contributed by atoms with Crippen molar-refractivity contribution >= 4 is 46.4 Å². The summed E-state index contributed by atoms with van der Waals surface area (Å²) in [4.78, 5) is 31.5. The molecule has 6 heteroatoms. The van der Waals surface area contributed by atoms with Crippen LogP contribution in [0.4, 0.5) is 5.69 Å². The Morgan fingerprint density at radius 1 is 1.37 bits per heavy atom. The summed E-state index contributed by atoms with van der Waals surface area (Å²) >= 11 is 11.9. The summed E-state index contributed by atoms with van der Waals surface area (Å²) in [5, 5.41) is 5.06. The molecule has 1 aliphatic heterocycles. The Morgan fingerprint density at radius 2 is 2.07 bits per heavy atom. The summed E-state index contributed by atoms with van der Waals surface area (Å²) in [5.74, 6) is -1.03. The molecular weight excluding hydrogens is 380 g/mol. The molecule has 1 N–H and O–H groups in total. The number of alkyl halides is 1. The van der Waals surface area contributed by atoms with E-state index >= 15 is 0 Å². The number of hydrogen-bond acceptors (Lipinski definition) is 4. The van der Waals surface area contributed by atoms with Gasteiger partial charge in [-0.05, 0) is 41.2 Å². The normalized spacial score (nSPS) is 38.3. The first-order valence-electron chi connectivity index (χ1n) is 9.02. The molecule has 4 rings (SSSR count). The van der Waals surface area contributed by atoms with E-state index in [1.54, 1.807) is 6.08 Å². The highest BCUT2D eigenvalue weighted by Crippen LogP contribution is 2.65. The number of aliphatic imine (C=N–C) groups is 1. The van der Waals surface area contributed by atoms with Gasteiger partial charge in [-0.15, -0.1) is 18.2 Å². The first-order chi connectivity index (χ1) is 12.7. The minimum atomic E-state index is -1.34. The molecular formula is C21H21ClN2O2S. The second kappa shape index (κ2) is 5.60. The molecule has 0 spiro atoms. The van der Waals surface area contributed by atoms with Crippen molar-refractivity contribution in [3.8, 4) is 0 Å². The lowest BCUT2D eigenvalue weighted by Gasteiger charge is -2.52. The number of nitrogens with one attached hydrogen (secondary N) is 1.